The topological polar surface area (TPSA) is 30.5 Å². The number of ether oxygens (including phenoxy) is 2. The maximum absolute atomic E-state index is 12.0. The Hall–Kier alpha value is -1.27. The van der Waals surface area contributed by atoms with Gasteiger partial charge < -0.3 is 14.8 Å². The molecule has 0 fully saturated rings. The predicted octanol–water partition coefficient (Wildman–Crippen LogP) is 2.96. The second-order valence-electron chi connectivity index (χ2n) is 4.38. The Labute approximate surface area is 110 Å². The van der Waals surface area contributed by atoms with Crippen LogP contribution >= 0.6 is 0 Å². The first-order valence-electron chi connectivity index (χ1n) is 5.95. The Morgan fingerprint density at radius 1 is 1.21 bits per heavy atom. The molecule has 1 N–H and O–H groups in total. The molecule has 1 atom stereocenters. The second-order valence-corrected chi connectivity index (χ2v) is 4.38. The SMILES string of the molecule is COCC(C)CNCc1ccc(OC(F)(F)F)cc1. The summed E-state index contributed by atoms with van der Waals surface area (Å²) >= 11 is 0. The fourth-order valence-electron chi connectivity index (χ4n) is 1.62. The molecule has 3 nitrogen and oxygen atoms in total. The molecule has 6 heteroatoms. The molecule has 0 saturated carbocycles. The Bertz CT molecular complexity index is 365. The van der Waals surface area contributed by atoms with Crippen LogP contribution in [-0.2, 0) is 11.3 Å². The van der Waals surface area contributed by atoms with Crippen molar-refractivity contribution in [3.8, 4) is 5.75 Å². The third kappa shape index (κ3) is 7.03. The third-order valence-electron chi connectivity index (χ3n) is 2.43. The third-order valence-corrected chi connectivity index (χ3v) is 2.43. The van der Waals surface area contributed by atoms with Gasteiger partial charge in [-0.05, 0) is 23.6 Å². The number of nitrogens with one attached hydrogen (secondary N) is 1. The molecule has 108 valence electrons. The van der Waals surface area contributed by atoms with E-state index in [1.54, 1.807) is 19.2 Å². The lowest BCUT2D eigenvalue weighted by Crippen LogP contribution is -2.23. The summed E-state index contributed by atoms with van der Waals surface area (Å²) in [7, 11) is 1.65. The molecular formula is C13H18F3NO2. The van der Waals surface area contributed by atoms with Crippen molar-refractivity contribution >= 4 is 0 Å². The maximum atomic E-state index is 12.0. The van der Waals surface area contributed by atoms with Gasteiger partial charge in [0.2, 0.25) is 0 Å². The molecule has 0 amide bonds. The number of halogens is 3. The Morgan fingerprint density at radius 2 is 1.84 bits per heavy atom. The number of alkyl halides is 3. The van der Waals surface area contributed by atoms with Gasteiger partial charge in [-0.3, -0.25) is 0 Å². The number of benzene rings is 1. The van der Waals surface area contributed by atoms with Crippen LogP contribution in [0, 0.1) is 5.92 Å². The lowest BCUT2D eigenvalue weighted by atomic mass is 10.2. The molecule has 0 bridgehead atoms. The first-order valence-corrected chi connectivity index (χ1v) is 5.95. The summed E-state index contributed by atoms with van der Waals surface area (Å²) in [4.78, 5) is 0. The van der Waals surface area contributed by atoms with Gasteiger partial charge in [0.25, 0.3) is 0 Å². The van der Waals surface area contributed by atoms with Crippen LogP contribution in [-0.4, -0.2) is 26.6 Å². The lowest BCUT2D eigenvalue weighted by molar-refractivity contribution is -0.274. The lowest BCUT2D eigenvalue weighted by Gasteiger charge is -2.12. The van der Waals surface area contributed by atoms with E-state index in [1.807, 2.05) is 0 Å². The van der Waals surface area contributed by atoms with Crippen LogP contribution in [0.25, 0.3) is 0 Å². The highest BCUT2D eigenvalue weighted by atomic mass is 19.4. The van der Waals surface area contributed by atoms with Crippen LogP contribution in [0.15, 0.2) is 24.3 Å². The minimum absolute atomic E-state index is 0.205. The first kappa shape index (κ1) is 15.8. The maximum Gasteiger partial charge on any atom is 0.573 e. The summed E-state index contributed by atoms with van der Waals surface area (Å²) in [5.74, 6) is 0.182. The zero-order valence-corrected chi connectivity index (χ0v) is 11.0. The molecular weight excluding hydrogens is 259 g/mol. The van der Waals surface area contributed by atoms with Gasteiger partial charge in [-0.25, -0.2) is 0 Å². The molecule has 0 aliphatic heterocycles. The van der Waals surface area contributed by atoms with Crippen molar-refractivity contribution in [2.24, 2.45) is 5.92 Å². The molecule has 0 aromatic heterocycles. The minimum atomic E-state index is -4.64. The molecule has 0 saturated heterocycles. The summed E-state index contributed by atoms with van der Waals surface area (Å²) in [5.41, 5.74) is 0.902. The van der Waals surface area contributed by atoms with Crippen molar-refractivity contribution in [3.63, 3.8) is 0 Å². The monoisotopic (exact) mass is 277 g/mol. The van der Waals surface area contributed by atoms with Gasteiger partial charge >= 0.3 is 6.36 Å². The van der Waals surface area contributed by atoms with Crippen LogP contribution in [0.1, 0.15) is 12.5 Å². The Balaban J connectivity index is 2.36. The highest BCUT2D eigenvalue weighted by Crippen LogP contribution is 2.22. The number of hydrogen-bond acceptors (Lipinski definition) is 3. The largest absolute Gasteiger partial charge is 0.573 e. The van der Waals surface area contributed by atoms with Crippen LogP contribution in [0.3, 0.4) is 0 Å². The molecule has 1 rings (SSSR count). The molecule has 0 heterocycles. The van der Waals surface area contributed by atoms with Gasteiger partial charge in [0.05, 0.1) is 0 Å². The summed E-state index contributed by atoms with van der Waals surface area (Å²) < 4.78 is 44.7. The number of rotatable bonds is 7. The fourth-order valence-corrected chi connectivity index (χ4v) is 1.62. The number of hydrogen-bond donors (Lipinski definition) is 1. The highest BCUT2D eigenvalue weighted by molar-refractivity contribution is 5.27. The smallest absolute Gasteiger partial charge is 0.406 e. The molecule has 0 aliphatic rings. The summed E-state index contributed by atoms with van der Waals surface area (Å²) in [6.07, 6.45) is -4.64. The molecule has 0 aliphatic carbocycles. The van der Waals surface area contributed by atoms with Crippen molar-refractivity contribution in [1.82, 2.24) is 5.32 Å². The minimum Gasteiger partial charge on any atom is -0.406 e. The quantitative estimate of drug-likeness (QED) is 0.831. The van der Waals surface area contributed by atoms with E-state index in [9.17, 15) is 13.2 Å². The van der Waals surface area contributed by atoms with Gasteiger partial charge in [0, 0.05) is 26.8 Å². The summed E-state index contributed by atoms with van der Waals surface area (Å²) in [6, 6.07) is 5.83. The molecule has 0 radical (unpaired) electrons. The first-order chi connectivity index (χ1) is 8.90. The average Bonchev–Trinajstić information content (AvgIpc) is 2.30. The molecule has 19 heavy (non-hydrogen) atoms. The highest BCUT2D eigenvalue weighted by Gasteiger charge is 2.30. The zero-order valence-electron chi connectivity index (χ0n) is 11.0. The van der Waals surface area contributed by atoms with Crippen molar-refractivity contribution in [2.45, 2.75) is 19.8 Å². The second kappa shape index (κ2) is 7.35. The van der Waals surface area contributed by atoms with E-state index in [1.165, 1.54) is 12.1 Å². The van der Waals surface area contributed by atoms with Gasteiger partial charge in [-0.1, -0.05) is 19.1 Å². The van der Waals surface area contributed by atoms with Gasteiger partial charge in [0.15, 0.2) is 0 Å². The Kier molecular flexibility index (Phi) is 6.11. The van der Waals surface area contributed by atoms with E-state index in [0.717, 1.165) is 12.1 Å². The Morgan fingerprint density at radius 3 is 2.37 bits per heavy atom. The van der Waals surface area contributed by atoms with Crippen molar-refractivity contribution in [1.29, 1.82) is 0 Å². The standard InChI is InChI=1S/C13H18F3NO2/c1-10(9-18-2)7-17-8-11-3-5-12(6-4-11)19-13(14,15)16/h3-6,10,17H,7-9H2,1-2H3. The molecule has 1 unspecified atom stereocenters. The van der Waals surface area contributed by atoms with E-state index < -0.39 is 6.36 Å². The van der Waals surface area contributed by atoms with Crippen LogP contribution in [0.2, 0.25) is 0 Å². The summed E-state index contributed by atoms with van der Waals surface area (Å²) in [5, 5.41) is 3.21. The molecule has 0 spiro atoms. The predicted molar refractivity (Wildman–Crippen MR) is 65.9 cm³/mol. The average molecular weight is 277 g/mol. The van der Waals surface area contributed by atoms with Crippen LogP contribution < -0.4 is 10.1 Å². The van der Waals surface area contributed by atoms with Gasteiger partial charge in [-0.15, -0.1) is 13.2 Å². The van der Waals surface area contributed by atoms with E-state index in [0.29, 0.717) is 19.1 Å². The normalized spacial score (nSPS) is 13.3. The molecule has 1 aromatic rings. The van der Waals surface area contributed by atoms with E-state index >= 15 is 0 Å². The zero-order chi connectivity index (χ0) is 14.3. The summed E-state index contributed by atoms with van der Waals surface area (Å²) in [6.45, 7) is 4.11. The van der Waals surface area contributed by atoms with Crippen LogP contribution in [0.5, 0.6) is 5.75 Å². The van der Waals surface area contributed by atoms with Gasteiger partial charge in [0.1, 0.15) is 5.75 Å². The molecule has 1 aromatic carbocycles. The van der Waals surface area contributed by atoms with E-state index in [2.05, 4.69) is 17.0 Å². The van der Waals surface area contributed by atoms with Gasteiger partial charge in [-0.2, -0.15) is 0 Å². The van der Waals surface area contributed by atoms with Crippen molar-refractivity contribution < 1.29 is 22.6 Å². The number of methoxy groups -OCH3 is 1. The van der Waals surface area contributed by atoms with E-state index in [4.69, 9.17) is 4.74 Å². The van der Waals surface area contributed by atoms with Crippen molar-refractivity contribution in [2.75, 3.05) is 20.3 Å². The van der Waals surface area contributed by atoms with Crippen LogP contribution in [0.4, 0.5) is 13.2 Å². The van der Waals surface area contributed by atoms with Crippen molar-refractivity contribution in [3.05, 3.63) is 29.8 Å². The van der Waals surface area contributed by atoms with E-state index in [-0.39, 0.29) is 5.75 Å². The fraction of sp³-hybridized carbons (Fsp3) is 0.538.